The summed E-state index contributed by atoms with van der Waals surface area (Å²) in [5.41, 5.74) is 2.87. The highest BCUT2D eigenvalue weighted by atomic mass is 16.1. The maximum absolute atomic E-state index is 12.8. The zero-order valence-electron chi connectivity index (χ0n) is 15.0. The molecule has 0 radical (unpaired) electrons. The number of hydrogen-bond acceptors (Lipinski definition) is 2. The van der Waals surface area contributed by atoms with Crippen LogP contribution in [0.4, 0.5) is 5.69 Å². The molecule has 0 unspecified atom stereocenters. The van der Waals surface area contributed by atoms with Gasteiger partial charge in [0.1, 0.15) is 0 Å². The van der Waals surface area contributed by atoms with Gasteiger partial charge >= 0.3 is 0 Å². The van der Waals surface area contributed by atoms with E-state index in [1.807, 2.05) is 60.7 Å². The smallest absolute Gasteiger partial charge is 0.165 e. The van der Waals surface area contributed by atoms with Crippen molar-refractivity contribution in [3.8, 4) is 0 Å². The molecule has 27 heavy (non-hydrogen) atoms. The van der Waals surface area contributed by atoms with Crippen molar-refractivity contribution < 1.29 is 4.79 Å². The lowest BCUT2D eigenvalue weighted by Crippen LogP contribution is -2.15. The Morgan fingerprint density at radius 3 is 2.07 bits per heavy atom. The third-order valence-corrected chi connectivity index (χ3v) is 4.78. The molecular weight excluding hydrogens is 330 g/mol. The van der Waals surface area contributed by atoms with E-state index in [1.165, 1.54) is 10.8 Å². The van der Waals surface area contributed by atoms with Gasteiger partial charge in [-0.2, -0.15) is 0 Å². The molecule has 0 fully saturated rings. The molecule has 0 aliphatic carbocycles. The summed E-state index contributed by atoms with van der Waals surface area (Å²) in [6.45, 7) is 0. The zero-order chi connectivity index (χ0) is 18.5. The van der Waals surface area contributed by atoms with Crippen molar-refractivity contribution in [2.45, 2.75) is 12.5 Å². The Bertz CT molecular complexity index is 1040. The standard InChI is InChI=1S/C25H21NO/c27-25(21-12-5-2-6-13-21)18-24(20-10-3-1-4-11-20)26-23-16-15-19-9-7-8-14-22(19)17-23/h1-17,24,26H,18H2/t24-/m0/s1. The van der Waals surface area contributed by atoms with Gasteiger partial charge in [-0.05, 0) is 28.5 Å². The normalized spacial score (nSPS) is 11.9. The molecule has 0 heterocycles. The van der Waals surface area contributed by atoms with Gasteiger partial charge in [0.15, 0.2) is 5.78 Å². The van der Waals surface area contributed by atoms with Crippen LogP contribution < -0.4 is 5.32 Å². The van der Waals surface area contributed by atoms with E-state index in [0.29, 0.717) is 6.42 Å². The van der Waals surface area contributed by atoms with Crippen LogP contribution in [-0.4, -0.2) is 5.78 Å². The van der Waals surface area contributed by atoms with E-state index in [2.05, 4.69) is 47.8 Å². The number of Topliss-reactive ketones (excluding diaryl/α,β-unsaturated/α-hetero) is 1. The average molecular weight is 351 g/mol. The van der Waals surface area contributed by atoms with Crippen LogP contribution in [0.3, 0.4) is 0 Å². The quantitative estimate of drug-likeness (QED) is 0.415. The Kier molecular flexibility index (Phi) is 4.97. The first kappa shape index (κ1) is 17.0. The largest absolute Gasteiger partial charge is 0.378 e. The van der Waals surface area contributed by atoms with Crippen LogP contribution in [0.1, 0.15) is 28.4 Å². The molecule has 4 aromatic rings. The maximum Gasteiger partial charge on any atom is 0.165 e. The van der Waals surface area contributed by atoms with Crippen molar-refractivity contribution in [2.75, 3.05) is 5.32 Å². The Morgan fingerprint density at radius 2 is 1.33 bits per heavy atom. The van der Waals surface area contributed by atoms with Gasteiger partial charge in [-0.15, -0.1) is 0 Å². The minimum absolute atomic E-state index is 0.0833. The summed E-state index contributed by atoms with van der Waals surface area (Å²) < 4.78 is 0. The zero-order valence-corrected chi connectivity index (χ0v) is 15.0. The number of carbonyl (C=O) groups excluding carboxylic acids is 1. The number of benzene rings is 4. The first-order valence-corrected chi connectivity index (χ1v) is 9.18. The predicted molar refractivity (Wildman–Crippen MR) is 112 cm³/mol. The van der Waals surface area contributed by atoms with Crippen LogP contribution in [0.25, 0.3) is 10.8 Å². The highest BCUT2D eigenvalue weighted by Gasteiger charge is 2.17. The number of nitrogens with one attached hydrogen (secondary N) is 1. The van der Waals surface area contributed by atoms with Crippen LogP contribution in [0, 0.1) is 0 Å². The van der Waals surface area contributed by atoms with E-state index in [1.54, 1.807) is 0 Å². The topological polar surface area (TPSA) is 29.1 Å². The van der Waals surface area contributed by atoms with Crippen LogP contribution in [0.5, 0.6) is 0 Å². The minimum atomic E-state index is -0.0833. The molecule has 0 amide bonds. The lowest BCUT2D eigenvalue weighted by molar-refractivity contribution is 0.0976. The Hall–Kier alpha value is -3.39. The molecule has 1 atom stereocenters. The van der Waals surface area contributed by atoms with E-state index in [0.717, 1.165) is 16.8 Å². The third kappa shape index (κ3) is 4.06. The molecular formula is C25H21NO. The van der Waals surface area contributed by atoms with Crippen LogP contribution in [0.2, 0.25) is 0 Å². The first-order valence-electron chi connectivity index (χ1n) is 9.18. The van der Waals surface area contributed by atoms with Gasteiger partial charge in [-0.25, -0.2) is 0 Å². The van der Waals surface area contributed by atoms with E-state index in [4.69, 9.17) is 0 Å². The summed E-state index contributed by atoms with van der Waals surface area (Å²) in [5, 5.41) is 5.96. The van der Waals surface area contributed by atoms with Crippen molar-refractivity contribution in [1.82, 2.24) is 0 Å². The van der Waals surface area contributed by atoms with Crippen molar-refractivity contribution in [3.63, 3.8) is 0 Å². The number of fused-ring (bicyclic) bond motifs is 1. The lowest BCUT2D eigenvalue weighted by atomic mass is 9.97. The molecule has 4 aromatic carbocycles. The van der Waals surface area contributed by atoms with Crippen molar-refractivity contribution in [3.05, 3.63) is 114 Å². The van der Waals surface area contributed by atoms with Gasteiger partial charge < -0.3 is 5.32 Å². The fourth-order valence-electron chi connectivity index (χ4n) is 3.35. The SMILES string of the molecule is O=C(C[C@H](Nc1ccc2ccccc2c1)c1ccccc1)c1ccccc1. The average Bonchev–Trinajstić information content (AvgIpc) is 2.74. The number of anilines is 1. The van der Waals surface area contributed by atoms with Gasteiger partial charge in [-0.3, -0.25) is 4.79 Å². The molecule has 0 aliphatic heterocycles. The molecule has 1 N–H and O–H groups in total. The molecule has 132 valence electrons. The van der Waals surface area contributed by atoms with Gasteiger partial charge in [0.05, 0.1) is 6.04 Å². The fourth-order valence-corrected chi connectivity index (χ4v) is 3.35. The molecule has 0 saturated carbocycles. The van der Waals surface area contributed by atoms with Gasteiger partial charge in [0.25, 0.3) is 0 Å². The van der Waals surface area contributed by atoms with Gasteiger partial charge in [0, 0.05) is 17.7 Å². The summed E-state index contributed by atoms with van der Waals surface area (Å²) in [7, 11) is 0. The monoisotopic (exact) mass is 351 g/mol. The number of hydrogen-bond donors (Lipinski definition) is 1. The number of rotatable bonds is 6. The summed E-state index contributed by atoms with van der Waals surface area (Å²) in [5.74, 6) is 0.137. The lowest BCUT2D eigenvalue weighted by Gasteiger charge is -2.20. The number of ketones is 1. The number of carbonyl (C=O) groups is 1. The fraction of sp³-hybridized carbons (Fsp3) is 0.0800. The van der Waals surface area contributed by atoms with Crippen LogP contribution in [-0.2, 0) is 0 Å². The summed E-state index contributed by atoms with van der Waals surface area (Å²) in [6.07, 6.45) is 0.404. The molecule has 0 spiro atoms. The molecule has 0 saturated heterocycles. The second kappa shape index (κ2) is 7.88. The van der Waals surface area contributed by atoms with Crippen molar-refractivity contribution in [2.24, 2.45) is 0 Å². The van der Waals surface area contributed by atoms with E-state index < -0.39 is 0 Å². The molecule has 2 heteroatoms. The summed E-state index contributed by atoms with van der Waals surface area (Å²) >= 11 is 0. The highest BCUT2D eigenvalue weighted by molar-refractivity contribution is 5.96. The first-order chi connectivity index (χ1) is 13.3. The third-order valence-electron chi connectivity index (χ3n) is 4.78. The van der Waals surface area contributed by atoms with E-state index in [9.17, 15) is 4.79 Å². The van der Waals surface area contributed by atoms with Gasteiger partial charge in [-0.1, -0.05) is 91.0 Å². The Balaban J connectivity index is 1.62. The van der Waals surface area contributed by atoms with E-state index >= 15 is 0 Å². The van der Waals surface area contributed by atoms with Crippen molar-refractivity contribution >= 4 is 22.2 Å². The van der Waals surface area contributed by atoms with Crippen LogP contribution in [0.15, 0.2) is 103 Å². The molecule has 0 aromatic heterocycles. The highest BCUT2D eigenvalue weighted by Crippen LogP contribution is 2.26. The summed E-state index contributed by atoms with van der Waals surface area (Å²) in [4.78, 5) is 12.8. The molecule has 4 rings (SSSR count). The molecule has 0 bridgehead atoms. The van der Waals surface area contributed by atoms with Gasteiger partial charge in [0.2, 0.25) is 0 Å². The Morgan fingerprint density at radius 1 is 0.704 bits per heavy atom. The molecule has 0 aliphatic rings. The predicted octanol–water partition coefficient (Wildman–Crippen LogP) is 6.27. The van der Waals surface area contributed by atoms with Crippen molar-refractivity contribution in [1.29, 1.82) is 0 Å². The Labute approximate surface area is 159 Å². The maximum atomic E-state index is 12.8. The second-order valence-corrected chi connectivity index (χ2v) is 6.66. The van der Waals surface area contributed by atoms with E-state index in [-0.39, 0.29) is 11.8 Å². The minimum Gasteiger partial charge on any atom is -0.378 e. The molecule has 2 nitrogen and oxygen atoms in total. The van der Waals surface area contributed by atoms with Crippen LogP contribution >= 0.6 is 0 Å². The summed E-state index contributed by atoms with van der Waals surface area (Å²) in [6, 6.07) is 34.2. The second-order valence-electron chi connectivity index (χ2n) is 6.66.